The topological polar surface area (TPSA) is 157 Å². The number of aliphatic hydroxyl groups is 1. The highest BCUT2D eigenvalue weighted by Crippen LogP contribution is 2.30. The zero-order valence-corrected chi connectivity index (χ0v) is 38.8. The number of aromatic nitrogens is 4. The smallest absolute Gasteiger partial charge is 0.224 e. The first-order valence-electron chi connectivity index (χ1n) is 23.2. The molecule has 4 amide bonds. The van der Waals surface area contributed by atoms with Crippen molar-refractivity contribution in [2.75, 3.05) is 38.9 Å². The number of likely N-dealkylation sites (tertiary alicyclic amines) is 3. The van der Waals surface area contributed by atoms with Crippen LogP contribution in [-0.4, -0.2) is 102 Å². The lowest BCUT2D eigenvalue weighted by Gasteiger charge is -2.33. The van der Waals surface area contributed by atoms with E-state index < -0.39 is 0 Å². The fourth-order valence-electron chi connectivity index (χ4n) is 8.65. The highest BCUT2D eigenvalue weighted by atomic mass is 35.5. The second-order valence-electron chi connectivity index (χ2n) is 17.0. The Morgan fingerprint density at radius 3 is 1.39 bits per heavy atom. The number of aliphatic hydroxyl groups excluding tert-OH is 1. The highest BCUT2D eigenvalue weighted by molar-refractivity contribution is 6.18. The van der Waals surface area contributed by atoms with E-state index in [1.165, 1.54) is 27.2 Å². The molecular formula is C53H63ClN8O5. The maximum Gasteiger partial charge on any atom is 0.224 e. The molecule has 0 aliphatic carbocycles. The van der Waals surface area contributed by atoms with Crippen LogP contribution in [-0.2, 0) is 25.8 Å². The third-order valence-electron chi connectivity index (χ3n) is 12.5. The SMILES string of the molecule is O=C1CCC(c2ccccc2)CN1.O=C1CCC(c2ccccc2)CN1CCl.O=C1CCC(c2ccccc2)CN1CO.O=C1CCC(c2ccccc2)CN1Cn1ccnc1.c1c[nH]cn1. The number of carbonyl (C=O) groups excluding carboxylic acids is 4. The van der Waals surface area contributed by atoms with Crippen molar-refractivity contribution in [2.24, 2.45) is 0 Å². The lowest BCUT2D eigenvalue weighted by Crippen LogP contribution is -2.39. The predicted molar refractivity (Wildman–Crippen MR) is 260 cm³/mol. The van der Waals surface area contributed by atoms with E-state index in [0.29, 0.717) is 68.6 Å². The quantitative estimate of drug-likeness (QED) is 0.103. The van der Waals surface area contributed by atoms with E-state index in [9.17, 15) is 19.2 Å². The van der Waals surface area contributed by atoms with Crippen molar-refractivity contribution < 1.29 is 24.3 Å². The van der Waals surface area contributed by atoms with Crippen LogP contribution < -0.4 is 5.32 Å². The number of carbonyl (C=O) groups is 4. The average Bonchev–Trinajstić information content (AvgIpc) is 4.16. The van der Waals surface area contributed by atoms with Crippen molar-refractivity contribution in [3.05, 3.63) is 181 Å². The first-order valence-corrected chi connectivity index (χ1v) is 23.7. The average molecular weight is 928 g/mol. The normalized spacial score (nSPS) is 20.3. The molecule has 14 heteroatoms. The van der Waals surface area contributed by atoms with Crippen LogP contribution >= 0.6 is 11.6 Å². The van der Waals surface area contributed by atoms with Gasteiger partial charge in [-0.2, -0.15) is 0 Å². The number of alkyl halides is 1. The summed E-state index contributed by atoms with van der Waals surface area (Å²) in [6.45, 7) is 3.42. The van der Waals surface area contributed by atoms with E-state index in [1.54, 1.807) is 36.1 Å². The van der Waals surface area contributed by atoms with Gasteiger partial charge in [0.05, 0.1) is 25.3 Å². The van der Waals surface area contributed by atoms with Gasteiger partial charge in [-0.05, 0) is 47.9 Å². The van der Waals surface area contributed by atoms with E-state index in [2.05, 4.69) is 80.9 Å². The Hall–Kier alpha value is -6.57. The van der Waals surface area contributed by atoms with E-state index in [-0.39, 0.29) is 30.4 Å². The third kappa shape index (κ3) is 16.1. The molecule has 4 aromatic carbocycles. The molecule has 4 unspecified atom stereocenters. The number of H-pyrrole nitrogens is 1. The molecule has 0 bridgehead atoms. The third-order valence-corrected chi connectivity index (χ3v) is 12.8. The second-order valence-corrected chi connectivity index (χ2v) is 17.2. The van der Waals surface area contributed by atoms with Gasteiger partial charge in [0.25, 0.3) is 0 Å². The van der Waals surface area contributed by atoms with Gasteiger partial charge in [-0.25, -0.2) is 9.97 Å². The number of aromatic amines is 1. The van der Waals surface area contributed by atoms with Crippen LogP contribution in [0.1, 0.15) is 97.3 Å². The Morgan fingerprint density at radius 2 is 1.00 bits per heavy atom. The molecule has 4 saturated heterocycles. The molecule has 4 aliphatic heterocycles. The molecule has 6 aromatic rings. The van der Waals surface area contributed by atoms with E-state index in [1.807, 2.05) is 76.3 Å². The Balaban J connectivity index is 0.000000143. The van der Waals surface area contributed by atoms with Gasteiger partial charge in [0.2, 0.25) is 23.6 Å². The molecule has 0 spiro atoms. The monoisotopic (exact) mass is 926 g/mol. The Bertz CT molecular complexity index is 2230. The standard InChI is InChI=1S/C15H17N3O.C12H14ClNO.C12H15NO2.C11H13NO.C3H4N2/c19-15-7-6-14(13-4-2-1-3-5-13)10-18(15)12-17-9-8-16-11-17;13-9-14-8-11(6-7-12(14)15)10-4-2-1-3-5-10;14-9-13-8-11(6-7-12(13)15)10-4-2-1-3-5-10;13-11-7-6-10(8-12-11)9-4-2-1-3-5-9;1-2-5-3-4-1/h1-5,8-9,11,14H,6-7,10,12H2;1-5,11H,6-9H2;1-5,11,14H,6-9H2;1-5,10H,6-8H2,(H,12,13);1-3H,(H,4,5). The van der Waals surface area contributed by atoms with Crippen molar-refractivity contribution in [2.45, 2.75) is 81.7 Å². The molecular weight excluding hydrogens is 864 g/mol. The first-order chi connectivity index (χ1) is 32.8. The summed E-state index contributed by atoms with van der Waals surface area (Å²) in [5.41, 5.74) is 5.22. The number of piperidine rings is 4. The van der Waals surface area contributed by atoms with Gasteiger partial charge in [-0.3, -0.25) is 19.2 Å². The number of hydrogen-bond acceptors (Lipinski definition) is 7. The van der Waals surface area contributed by atoms with Gasteiger partial charge < -0.3 is 34.7 Å². The van der Waals surface area contributed by atoms with E-state index in [4.69, 9.17) is 16.7 Å². The molecule has 13 nitrogen and oxygen atoms in total. The van der Waals surface area contributed by atoms with Crippen molar-refractivity contribution in [3.63, 3.8) is 0 Å². The fourth-order valence-corrected chi connectivity index (χ4v) is 8.88. The maximum atomic E-state index is 12.0. The molecule has 6 heterocycles. The van der Waals surface area contributed by atoms with Crippen LogP contribution in [0.25, 0.3) is 0 Å². The predicted octanol–water partition coefficient (Wildman–Crippen LogP) is 8.27. The van der Waals surface area contributed by atoms with Gasteiger partial charge in [-0.1, -0.05) is 121 Å². The van der Waals surface area contributed by atoms with Crippen LogP contribution in [0.2, 0.25) is 0 Å². The highest BCUT2D eigenvalue weighted by Gasteiger charge is 2.28. The van der Waals surface area contributed by atoms with Gasteiger partial charge >= 0.3 is 0 Å². The molecule has 4 atom stereocenters. The molecule has 0 radical (unpaired) electrons. The van der Waals surface area contributed by atoms with Gasteiger partial charge in [0.1, 0.15) is 6.73 Å². The van der Waals surface area contributed by atoms with Crippen LogP contribution in [0.15, 0.2) is 159 Å². The zero-order valence-electron chi connectivity index (χ0n) is 38.1. The number of imidazole rings is 2. The number of nitrogens with one attached hydrogen (secondary N) is 2. The van der Waals surface area contributed by atoms with Crippen LogP contribution in [0.5, 0.6) is 0 Å². The molecule has 10 rings (SSSR count). The van der Waals surface area contributed by atoms with Crippen molar-refractivity contribution >= 4 is 35.2 Å². The van der Waals surface area contributed by atoms with Crippen molar-refractivity contribution in [1.29, 1.82) is 0 Å². The lowest BCUT2D eigenvalue weighted by molar-refractivity contribution is -0.138. The summed E-state index contributed by atoms with van der Waals surface area (Å²) in [6.07, 6.45) is 16.7. The maximum absolute atomic E-state index is 12.0. The molecule has 4 aliphatic rings. The summed E-state index contributed by atoms with van der Waals surface area (Å²) in [5, 5.41) is 11.9. The molecule has 3 N–H and O–H groups in total. The summed E-state index contributed by atoms with van der Waals surface area (Å²) in [7, 11) is 0. The Labute approximate surface area is 399 Å². The molecule has 2 aromatic heterocycles. The summed E-state index contributed by atoms with van der Waals surface area (Å²) < 4.78 is 1.94. The van der Waals surface area contributed by atoms with Gasteiger partial charge in [-0.15, -0.1) is 11.6 Å². The van der Waals surface area contributed by atoms with Crippen LogP contribution in [0.3, 0.4) is 0 Å². The minimum atomic E-state index is -0.165. The van der Waals surface area contributed by atoms with Crippen LogP contribution in [0.4, 0.5) is 0 Å². The minimum Gasteiger partial charge on any atom is -0.376 e. The molecule has 352 valence electrons. The van der Waals surface area contributed by atoms with Crippen LogP contribution in [0, 0.1) is 0 Å². The van der Waals surface area contributed by atoms with E-state index in [0.717, 1.165) is 45.3 Å². The zero-order chi connectivity index (χ0) is 47.1. The minimum absolute atomic E-state index is 0.0599. The Kier molecular flexibility index (Phi) is 20.2. The molecule has 67 heavy (non-hydrogen) atoms. The number of nitrogens with zero attached hydrogens (tertiary/aromatic N) is 6. The fraction of sp³-hybridized carbons (Fsp3) is 0.358. The molecule has 0 saturated carbocycles. The molecule has 4 fully saturated rings. The summed E-state index contributed by atoms with van der Waals surface area (Å²) >= 11 is 5.73. The number of halogens is 1. The van der Waals surface area contributed by atoms with E-state index >= 15 is 0 Å². The first kappa shape index (κ1) is 49.9. The van der Waals surface area contributed by atoms with Gasteiger partial charge in [0.15, 0.2) is 0 Å². The summed E-state index contributed by atoms with van der Waals surface area (Å²) in [4.78, 5) is 61.3. The summed E-state index contributed by atoms with van der Waals surface area (Å²) in [5.74, 6) is 2.44. The summed E-state index contributed by atoms with van der Waals surface area (Å²) in [6, 6.07) is 41.6. The number of hydrogen-bond donors (Lipinski definition) is 3. The van der Waals surface area contributed by atoms with Crippen molar-refractivity contribution in [3.8, 4) is 0 Å². The number of rotatable bonds is 8. The number of benzene rings is 4. The van der Waals surface area contributed by atoms with Gasteiger partial charge in [0, 0.05) is 100 Å². The lowest BCUT2D eigenvalue weighted by atomic mass is 9.90. The largest absolute Gasteiger partial charge is 0.376 e. The number of amides is 4. The Morgan fingerprint density at radius 1 is 0.552 bits per heavy atom. The second kappa shape index (κ2) is 27.2. The van der Waals surface area contributed by atoms with Crippen molar-refractivity contribution in [1.82, 2.24) is 39.5 Å².